The van der Waals surface area contributed by atoms with E-state index >= 15 is 0 Å². The molecule has 0 aromatic heterocycles. The van der Waals surface area contributed by atoms with Gasteiger partial charge in [0.15, 0.2) is 11.5 Å². The van der Waals surface area contributed by atoms with Crippen molar-refractivity contribution in [2.75, 3.05) is 20.8 Å². The van der Waals surface area contributed by atoms with Gasteiger partial charge in [0.1, 0.15) is 0 Å². The number of nitrogens with one attached hydrogen (secondary N) is 1. The second-order valence-electron chi connectivity index (χ2n) is 3.98. The maximum absolute atomic E-state index is 9.11. The molecular formula is C13H20ClNO3. The average Bonchev–Trinajstić information content (AvgIpc) is 2.39. The number of hydrogen-bond donors (Lipinski definition) is 2. The maximum atomic E-state index is 9.11. The first kappa shape index (κ1) is 15.1. The first-order valence-corrected chi connectivity index (χ1v) is 6.28. The lowest BCUT2D eigenvalue weighted by atomic mass is 10.1. The van der Waals surface area contributed by atoms with E-state index < -0.39 is 0 Å². The highest BCUT2D eigenvalue weighted by Crippen LogP contribution is 2.35. The van der Waals surface area contributed by atoms with Crippen molar-refractivity contribution in [1.29, 1.82) is 0 Å². The Morgan fingerprint density at radius 3 is 2.56 bits per heavy atom. The second-order valence-corrected chi connectivity index (χ2v) is 4.39. The molecule has 102 valence electrons. The molecule has 18 heavy (non-hydrogen) atoms. The van der Waals surface area contributed by atoms with Gasteiger partial charge in [-0.3, -0.25) is 0 Å². The monoisotopic (exact) mass is 273 g/mol. The third-order valence-corrected chi connectivity index (χ3v) is 3.08. The van der Waals surface area contributed by atoms with Crippen molar-refractivity contribution < 1.29 is 14.6 Å². The van der Waals surface area contributed by atoms with Crippen molar-refractivity contribution in [3.8, 4) is 11.5 Å². The van der Waals surface area contributed by atoms with Crippen LogP contribution in [0.15, 0.2) is 12.1 Å². The molecule has 0 heterocycles. The molecule has 0 spiro atoms. The standard InChI is InChI=1S/C13H20ClNO3/c1-4-10(8-16)15-7-9-5-11(14)13(18-3)12(6-9)17-2/h5-6,10,15-16H,4,7-8H2,1-3H3/t10-/m1/s1. The number of halogens is 1. The Bertz CT molecular complexity index is 381. The Morgan fingerprint density at radius 1 is 1.33 bits per heavy atom. The molecule has 0 radical (unpaired) electrons. The Labute approximate surface area is 113 Å². The van der Waals surface area contributed by atoms with E-state index in [-0.39, 0.29) is 12.6 Å². The van der Waals surface area contributed by atoms with E-state index in [9.17, 15) is 0 Å². The van der Waals surface area contributed by atoms with E-state index in [2.05, 4.69) is 5.32 Å². The lowest BCUT2D eigenvalue weighted by molar-refractivity contribution is 0.238. The average molecular weight is 274 g/mol. The van der Waals surface area contributed by atoms with Crippen LogP contribution in [0.3, 0.4) is 0 Å². The molecule has 0 bridgehead atoms. The van der Waals surface area contributed by atoms with E-state index in [0.717, 1.165) is 12.0 Å². The smallest absolute Gasteiger partial charge is 0.179 e. The van der Waals surface area contributed by atoms with Crippen LogP contribution in [0.2, 0.25) is 5.02 Å². The molecule has 4 nitrogen and oxygen atoms in total. The number of ether oxygens (including phenoxy) is 2. The van der Waals surface area contributed by atoms with Crippen LogP contribution >= 0.6 is 11.6 Å². The van der Waals surface area contributed by atoms with E-state index in [1.54, 1.807) is 14.2 Å². The maximum Gasteiger partial charge on any atom is 0.179 e. The van der Waals surface area contributed by atoms with Gasteiger partial charge in [-0.15, -0.1) is 0 Å². The predicted octanol–water partition coefficient (Wildman–Crippen LogP) is 2.22. The van der Waals surface area contributed by atoms with Crippen LogP contribution in [0.25, 0.3) is 0 Å². The van der Waals surface area contributed by atoms with Crippen LogP contribution in [-0.4, -0.2) is 32.0 Å². The quantitative estimate of drug-likeness (QED) is 0.800. The van der Waals surface area contributed by atoms with Gasteiger partial charge in [0.05, 0.1) is 25.8 Å². The molecule has 0 aliphatic heterocycles. The zero-order valence-electron chi connectivity index (χ0n) is 11.0. The van der Waals surface area contributed by atoms with Gasteiger partial charge in [0.2, 0.25) is 0 Å². The fraction of sp³-hybridized carbons (Fsp3) is 0.538. The van der Waals surface area contributed by atoms with Crippen LogP contribution < -0.4 is 14.8 Å². The number of benzene rings is 1. The lowest BCUT2D eigenvalue weighted by Gasteiger charge is -2.16. The van der Waals surface area contributed by atoms with Crippen molar-refractivity contribution in [1.82, 2.24) is 5.32 Å². The van der Waals surface area contributed by atoms with Crippen LogP contribution in [0.1, 0.15) is 18.9 Å². The fourth-order valence-electron chi connectivity index (χ4n) is 1.67. The summed E-state index contributed by atoms with van der Waals surface area (Å²) in [7, 11) is 3.13. The summed E-state index contributed by atoms with van der Waals surface area (Å²) in [6.45, 7) is 2.77. The molecular weight excluding hydrogens is 254 g/mol. The lowest BCUT2D eigenvalue weighted by Crippen LogP contribution is -2.31. The SMILES string of the molecule is CC[C@H](CO)NCc1cc(Cl)c(OC)c(OC)c1. The summed E-state index contributed by atoms with van der Waals surface area (Å²) in [5.41, 5.74) is 0.990. The van der Waals surface area contributed by atoms with Crippen molar-refractivity contribution >= 4 is 11.6 Å². The van der Waals surface area contributed by atoms with Crippen molar-refractivity contribution in [3.05, 3.63) is 22.7 Å². The largest absolute Gasteiger partial charge is 0.493 e. The summed E-state index contributed by atoms with van der Waals surface area (Å²) in [6.07, 6.45) is 0.873. The fourth-order valence-corrected chi connectivity index (χ4v) is 1.98. The number of hydrogen-bond acceptors (Lipinski definition) is 4. The van der Waals surface area contributed by atoms with Crippen LogP contribution in [0.4, 0.5) is 0 Å². The minimum Gasteiger partial charge on any atom is -0.493 e. The van der Waals surface area contributed by atoms with Gasteiger partial charge in [0.25, 0.3) is 0 Å². The van der Waals surface area contributed by atoms with Crippen LogP contribution in [-0.2, 0) is 6.54 Å². The summed E-state index contributed by atoms with van der Waals surface area (Å²) in [6, 6.07) is 3.80. The summed E-state index contributed by atoms with van der Waals surface area (Å²) < 4.78 is 10.4. The molecule has 0 amide bonds. The van der Waals surface area contributed by atoms with Gasteiger partial charge < -0.3 is 19.9 Å². The zero-order chi connectivity index (χ0) is 13.5. The minimum atomic E-state index is 0.0943. The van der Waals surface area contributed by atoms with Gasteiger partial charge >= 0.3 is 0 Å². The first-order valence-electron chi connectivity index (χ1n) is 5.90. The summed E-state index contributed by atoms with van der Waals surface area (Å²) >= 11 is 6.11. The molecule has 2 N–H and O–H groups in total. The highest BCUT2D eigenvalue weighted by Gasteiger charge is 2.11. The molecule has 5 heteroatoms. The molecule has 0 aliphatic rings. The topological polar surface area (TPSA) is 50.7 Å². The number of methoxy groups -OCH3 is 2. The van der Waals surface area contributed by atoms with Gasteiger partial charge in [-0.2, -0.15) is 0 Å². The van der Waals surface area contributed by atoms with Crippen LogP contribution in [0.5, 0.6) is 11.5 Å². The van der Waals surface area contributed by atoms with Crippen LogP contribution in [0, 0.1) is 0 Å². The first-order chi connectivity index (χ1) is 8.65. The third kappa shape index (κ3) is 3.77. The molecule has 0 saturated heterocycles. The Balaban J connectivity index is 2.81. The molecule has 0 aliphatic carbocycles. The Morgan fingerprint density at radius 2 is 2.06 bits per heavy atom. The Hall–Kier alpha value is -0.970. The van der Waals surface area contributed by atoms with E-state index in [1.807, 2.05) is 19.1 Å². The molecule has 0 unspecified atom stereocenters. The highest BCUT2D eigenvalue weighted by molar-refractivity contribution is 6.32. The molecule has 0 saturated carbocycles. The van der Waals surface area contributed by atoms with Gasteiger partial charge in [-0.05, 0) is 24.1 Å². The molecule has 1 aromatic rings. The Kier molecular flexibility index (Phi) is 6.25. The molecule has 0 fully saturated rings. The van der Waals surface area contributed by atoms with Gasteiger partial charge in [-0.1, -0.05) is 18.5 Å². The minimum absolute atomic E-state index is 0.0943. The van der Waals surface area contributed by atoms with Gasteiger partial charge in [-0.25, -0.2) is 0 Å². The number of rotatable bonds is 7. The van der Waals surface area contributed by atoms with Crippen molar-refractivity contribution in [2.45, 2.75) is 25.9 Å². The highest BCUT2D eigenvalue weighted by atomic mass is 35.5. The summed E-state index contributed by atoms with van der Waals surface area (Å²) in [4.78, 5) is 0. The molecule has 1 atom stereocenters. The third-order valence-electron chi connectivity index (χ3n) is 2.80. The normalized spacial score (nSPS) is 12.3. The second kappa shape index (κ2) is 7.46. The van der Waals surface area contributed by atoms with Crippen molar-refractivity contribution in [3.63, 3.8) is 0 Å². The summed E-state index contributed by atoms with van der Waals surface area (Å²) in [5, 5.41) is 12.9. The number of aliphatic hydroxyl groups is 1. The summed E-state index contributed by atoms with van der Waals surface area (Å²) in [5.74, 6) is 1.15. The van der Waals surface area contributed by atoms with E-state index in [0.29, 0.717) is 23.1 Å². The van der Waals surface area contributed by atoms with E-state index in [4.69, 9.17) is 26.2 Å². The van der Waals surface area contributed by atoms with Gasteiger partial charge in [0, 0.05) is 12.6 Å². The van der Waals surface area contributed by atoms with E-state index in [1.165, 1.54) is 0 Å². The zero-order valence-corrected chi connectivity index (χ0v) is 11.8. The molecule has 1 rings (SSSR count). The predicted molar refractivity (Wildman–Crippen MR) is 72.6 cm³/mol. The molecule has 1 aromatic carbocycles. The number of aliphatic hydroxyl groups excluding tert-OH is 1. The van der Waals surface area contributed by atoms with Crippen molar-refractivity contribution in [2.24, 2.45) is 0 Å².